The number of methoxy groups -OCH3 is 2. The number of anilines is 2. The zero-order chi connectivity index (χ0) is 18.0. The number of nitrogens with two attached hydrogens (primary N) is 1. The smallest absolute Gasteiger partial charge is 0.183 e. The van der Waals surface area contributed by atoms with E-state index in [-0.39, 0.29) is 12.4 Å². The molecule has 7 heteroatoms. The maximum atomic E-state index is 6.09. The third-order valence-electron chi connectivity index (χ3n) is 3.99. The average molecular weight is 376 g/mol. The Morgan fingerprint density at radius 1 is 1.00 bits per heavy atom. The Morgan fingerprint density at radius 2 is 1.69 bits per heavy atom. The van der Waals surface area contributed by atoms with Crippen LogP contribution in [0.25, 0.3) is 22.6 Å². The average Bonchev–Trinajstić information content (AvgIpc) is 3.10. The van der Waals surface area contributed by atoms with E-state index >= 15 is 0 Å². The van der Waals surface area contributed by atoms with Gasteiger partial charge in [-0.25, -0.2) is 4.98 Å². The van der Waals surface area contributed by atoms with Crippen LogP contribution in [0.15, 0.2) is 47.2 Å². The Hall–Kier alpha value is -2.86. The quantitative estimate of drug-likeness (QED) is 0.677. The van der Waals surface area contributed by atoms with Crippen molar-refractivity contribution in [3.63, 3.8) is 0 Å². The van der Waals surface area contributed by atoms with Gasteiger partial charge in [-0.15, -0.1) is 12.4 Å². The first-order chi connectivity index (χ1) is 12.0. The van der Waals surface area contributed by atoms with Gasteiger partial charge < -0.3 is 24.5 Å². The van der Waals surface area contributed by atoms with E-state index < -0.39 is 0 Å². The molecule has 2 N–H and O–H groups in total. The second-order valence-electron chi connectivity index (χ2n) is 5.77. The molecule has 0 atom stereocenters. The number of nitrogens with zero attached hydrogens (tertiary/aromatic N) is 2. The first-order valence-corrected chi connectivity index (χ1v) is 7.78. The SMILES string of the molecule is COc1cc(-c2ncoc2-c2ccc(N(C)C)cc2)cc(N)c1OC.Cl. The Kier molecular flexibility index (Phi) is 6.00. The lowest BCUT2D eigenvalue weighted by Gasteiger charge is -2.13. The van der Waals surface area contributed by atoms with Gasteiger partial charge in [-0.2, -0.15) is 0 Å². The van der Waals surface area contributed by atoms with Crippen molar-refractivity contribution in [2.45, 2.75) is 0 Å². The molecule has 0 unspecified atom stereocenters. The van der Waals surface area contributed by atoms with Crippen LogP contribution in [-0.4, -0.2) is 33.3 Å². The van der Waals surface area contributed by atoms with Crippen molar-refractivity contribution >= 4 is 23.8 Å². The molecule has 6 nitrogen and oxygen atoms in total. The van der Waals surface area contributed by atoms with Gasteiger partial charge in [0.2, 0.25) is 0 Å². The molecule has 0 spiro atoms. The van der Waals surface area contributed by atoms with Crippen molar-refractivity contribution < 1.29 is 13.9 Å². The van der Waals surface area contributed by atoms with E-state index in [0.29, 0.717) is 28.6 Å². The predicted octanol–water partition coefficient (Wildman–Crippen LogP) is 4.10. The van der Waals surface area contributed by atoms with Crippen molar-refractivity contribution in [3.05, 3.63) is 42.8 Å². The van der Waals surface area contributed by atoms with Crippen molar-refractivity contribution in [3.8, 4) is 34.1 Å². The molecular formula is C19H22ClN3O3. The molecule has 138 valence electrons. The summed E-state index contributed by atoms with van der Waals surface area (Å²) in [4.78, 5) is 6.41. The number of ether oxygens (including phenoxy) is 2. The van der Waals surface area contributed by atoms with Gasteiger partial charge in [0, 0.05) is 30.9 Å². The van der Waals surface area contributed by atoms with Crippen LogP contribution in [0, 0.1) is 0 Å². The summed E-state index contributed by atoms with van der Waals surface area (Å²) < 4.78 is 16.3. The van der Waals surface area contributed by atoms with E-state index in [2.05, 4.69) is 4.98 Å². The van der Waals surface area contributed by atoms with Gasteiger partial charge in [-0.1, -0.05) is 0 Å². The number of benzene rings is 2. The van der Waals surface area contributed by atoms with E-state index in [4.69, 9.17) is 19.6 Å². The van der Waals surface area contributed by atoms with Gasteiger partial charge in [-0.3, -0.25) is 0 Å². The minimum atomic E-state index is 0. The summed E-state index contributed by atoms with van der Waals surface area (Å²) in [5, 5.41) is 0. The highest BCUT2D eigenvalue weighted by Gasteiger charge is 2.17. The number of hydrogen-bond acceptors (Lipinski definition) is 6. The molecule has 1 heterocycles. The summed E-state index contributed by atoms with van der Waals surface area (Å²) in [5.74, 6) is 1.73. The maximum Gasteiger partial charge on any atom is 0.183 e. The molecule has 0 aliphatic rings. The highest BCUT2D eigenvalue weighted by molar-refractivity contribution is 5.85. The number of aromatic nitrogens is 1. The fourth-order valence-electron chi connectivity index (χ4n) is 2.70. The monoisotopic (exact) mass is 375 g/mol. The van der Waals surface area contributed by atoms with Gasteiger partial charge in [0.05, 0.1) is 19.9 Å². The summed E-state index contributed by atoms with van der Waals surface area (Å²) in [6, 6.07) is 11.7. The number of oxazole rings is 1. The standard InChI is InChI=1S/C19H21N3O3.ClH/c1-22(2)14-7-5-12(6-8-14)18-17(21-11-25-18)13-9-15(20)19(24-4)16(10-13)23-3;/h5-11H,20H2,1-4H3;1H. The summed E-state index contributed by atoms with van der Waals surface area (Å²) in [6.45, 7) is 0. The van der Waals surface area contributed by atoms with Crippen LogP contribution in [0.2, 0.25) is 0 Å². The zero-order valence-corrected chi connectivity index (χ0v) is 16.0. The van der Waals surface area contributed by atoms with Gasteiger partial charge in [0.15, 0.2) is 23.7 Å². The maximum absolute atomic E-state index is 6.09. The minimum absolute atomic E-state index is 0. The fourth-order valence-corrected chi connectivity index (χ4v) is 2.70. The van der Waals surface area contributed by atoms with Crippen molar-refractivity contribution in [2.24, 2.45) is 0 Å². The molecule has 2 aromatic carbocycles. The van der Waals surface area contributed by atoms with Crippen molar-refractivity contribution in [2.75, 3.05) is 38.9 Å². The van der Waals surface area contributed by atoms with Crippen LogP contribution in [0.4, 0.5) is 11.4 Å². The van der Waals surface area contributed by atoms with Gasteiger partial charge >= 0.3 is 0 Å². The lowest BCUT2D eigenvalue weighted by Crippen LogP contribution is -2.07. The number of rotatable bonds is 5. The van der Waals surface area contributed by atoms with Crippen LogP contribution in [0.3, 0.4) is 0 Å². The molecule has 0 aliphatic carbocycles. The van der Waals surface area contributed by atoms with Gasteiger partial charge in [0.25, 0.3) is 0 Å². The molecule has 3 rings (SSSR count). The van der Waals surface area contributed by atoms with Crippen molar-refractivity contribution in [1.82, 2.24) is 4.98 Å². The zero-order valence-electron chi connectivity index (χ0n) is 15.1. The summed E-state index contributed by atoms with van der Waals surface area (Å²) in [5.41, 5.74) is 10.1. The summed E-state index contributed by atoms with van der Waals surface area (Å²) >= 11 is 0. The van der Waals surface area contributed by atoms with E-state index in [1.165, 1.54) is 6.39 Å². The van der Waals surface area contributed by atoms with E-state index in [1.54, 1.807) is 20.3 Å². The van der Waals surface area contributed by atoms with Crippen molar-refractivity contribution in [1.29, 1.82) is 0 Å². The van der Waals surface area contributed by atoms with Crippen LogP contribution in [0.1, 0.15) is 0 Å². The number of nitrogen functional groups attached to an aromatic ring is 1. The minimum Gasteiger partial charge on any atom is -0.493 e. The Balaban J connectivity index is 0.00000243. The molecule has 0 saturated heterocycles. The Bertz CT molecular complexity index is 876. The molecule has 0 amide bonds. The summed E-state index contributed by atoms with van der Waals surface area (Å²) in [6.07, 6.45) is 1.43. The number of halogens is 1. The second kappa shape index (κ2) is 8.01. The molecular weight excluding hydrogens is 354 g/mol. The highest BCUT2D eigenvalue weighted by atomic mass is 35.5. The third-order valence-corrected chi connectivity index (χ3v) is 3.99. The fraction of sp³-hybridized carbons (Fsp3) is 0.211. The lowest BCUT2D eigenvalue weighted by molar-refractivity contribution is 0.356. The molecule has 0 aliphatic heterocycles. The Labute approximate surface area is 158 Å². The molecule has 0 radical (unpaired) electrons. The van der Waals surface area contributed by atoms with Gasteiger partial charge in [0.1, 0.15) is 5.69 Å². The molecule has 26 heavy (non-hydrogen) atoms. The van der Waals surface area contributed by atoms with Crippen LogP contribution in [0.5, 0.6) is 11.5 Å². The van der Waals surface area contributed by atoms with Crippen LogP contribution >= 0.6 is 12.4 Å². The van der Waals surface area contributed by atoms with E-state index in [0.717, 1.165) is 16.8 Å². The van der Waals surface area contributed by atoms with E-state index in [1.807, 2.05) is 49.3 Å². The molecule has 1 aromatic heterocycles. The molecule has 0 fully saturated rings. The normalized spacial score (nSPS) is 10.2. The third kappa shape index (κ3) is 3.55. The van der Waals surface area contributed by atoms with Crippen LogP contribution in [-0.2, 0) is 0 Å². The first-order valence-electron chi connectivity index (χ1n) is 7.78. The first kappa shape index (κ1) is 19.5. The molecule has 0 bridgehead atoms. The number of hydrogen-bond donors (Lipinski definition) is 1. The topological polar surface area (TPSA) is 73.8 Å². The Morgan fingerprint density at radius 3 is 2.27 bits per heavy atom. The summed E-state index contributed by atoms with van der Waals surface area (Å²) in [7, 11) is 7.13. The highest BCUT2D eigenvalue weighted by Crippen LogP contribution is 2.40. The van der Waals surface area contributed by atoms with Crippen LogP contribution < -0.4 is 20.1 Å². The second-order valence-corrected chi connectivity index (χ2v) is 5.77. The predicted molar refractivity (Wildman–Crippen MR) is 106 cm³/mol. The van der Waals surface area contributed by atoms with Gasteiger partial charge in [-0.05, 0) is 36.4 Å². The molecule has 3 aromatic rings. The lowest BCUT2D eigenvalue weighted by atomic mass is 10.0. The van der Waals surface area contributed by atoms with E-state index in [9.17, 15) is 0 Å². The molecule has 0 saturated carbocycles. The largest absolute Gasteiger partial charge is 0.493 e.